The molecule has 2 fully saturated rings. The highest BCUT2D eigenvalue weighted by Crippen LogP contribution is 2.51. The van der Waals surface area contributed by atoms with Crippen molar-refractivity contribution in [3.8, 4) is 0 Å². The van der Waals surface area contributed by atoms with Crippen LogP contribution in [0.2, 0.25) is 10.0 Å². The molecular formula is C15H19Cl2NO3S. The van der Waals surface area contributed by atoms with Crippen molar-refractivity contribution in [1.29, 1.82) is 0 Å². The van der Waals surface area contributed by atoms with Crippen LogP contribution >= 0.6 is 23.2 Å². The van der Waals surface area contributed by atoms with E-state index in [-0.39, 0.29) is 21.4 Å². The van der Waals surface area contributed by atoms with Crippen LogP contribution in [0.4, 0.5) is 0 Å². The molecule has 0 radical (unpaired) electrons. The smallest absolute Gasteiger partial charge is 0.243 e. The molecule has 1 aromatic carbocycles. The highest BCUT2D eigenvalue weighted by Gasteiger charge is 2.49. The van der Waals surface area contributed by atoms with E-state index in [2.05, 4.69) is 0 Å². The van der Waals surface area contributed by atoms with Crippen LogP contribution in [0.1, 0.15) is 25.7 Å². The van der Waals surface area contributed by atoms with E-state index in [4.69, 9.17) is 27.9 Å². The first kappa shape index (κ1) is 16.5. The second-order valence-electron chi connectivity index (χ2n) is 6.11. The maximum atomic E-state index is 12.7. The molecule has 0 amide bonds. The Hall–Kier alpha value is -0.330. The van der Waals surface area contributed by atoms with Gasteiger partial charge >= 0.3 is 0 Å². The molecule has 0 bridgehead atoms. The molecule has 1 atom stereocenters. The van der Waals surface area contributed by atoms with Gasteiger partial charge in [-0.3, -0.25) is 0 Å². The molecule has 1 spiro atoms. The first-order valence-corrected chi connectivity index (χ1v) is 9.57. The summed E-state index contributed by atoms with van der Waals surface area (Å²) >= 11 is 11.8. The lowest BCUT2D eigenvalue weighted by atomic mass is 9.61. The maximum Gasteiger partial charge on any atom is 0.243 e. The van der Waals surface area contributed by atoms with E-state index in [0.717, 1.165) is 25.7 Å². The minimum absolute atomic E-state index is 0.179. The average Bonchev–Trinajstić information content (AvgIpc) is 2.49. The molecule has 2 aliphatic rings. The normalized spacial score (nSPS) is 25.1. The summed E-state index contributed by atoms with van der Waals surface area (Å²) in [7, 11) is -1.77. The van der Waals surface area contributed by atoms with Crippen LogP contribution in [-0.4, -0.2) is 39.0 Å². The summed E-state index contributed by atoms with van der Waals surface area (Å²) in [5.41, 5.74) is 0.179. The summed E-state index contributed by atoms with van der Waals surface area (Å²) < 4.78 is 32.5. The number of methoxy groups -OCH3 is 1. The summed E-state index contributed by atoms with van der Waals surface area (Å²) in [6.07, 6.45) is 4.20. The second-order valence-corrected chi connectivity index (χ2v) is 8.86. The van der Waals surface area contributed by atoms with Crippen molar-refractivity contribution in [3.05, 3.63) is 28.2 Å². The van der Waals surface area contributed by atoms with E-state index in [1.807, 2.05) is 0 Å². The van der Waals surface area contributed by atoms with Gasteiger partial charge in [0.05, 0.1) is 21.0 Å². The molecule has 1 aromatic rings. The lowest BCUT2D eigenvalue weighted by Gasteiger charge is -2.52. The molecule has 4 nitrogen and oxygen atoms in total. The van der Waals surface area contributed by atoms with E-state index in [0.29, 0.717) is 18.1 Å². The number of ether oxygens (including phenoxy) is 1. The first-order chi connectivity index (χ1) is 10.4. The van der Waals surface area contributed by atoms with Gasteiger partial charge in [0.15, 0.2) is 0 Å². The predicted octanol–water partition coefficient (Wildman–Crippen LogP) is 3.57. The van der Waals surface area contributed by atoms with Gasteiger partial charge in [0.25, 0.3) is 0 Å². The Morgan fingerprint density at radius 2 is 1.86 bits per heavy atom. The van der Waals surface area contributed by atoms with Crippen LogP contribution < -0.4 is 0 Å². The topological polar surface area (TPSA) is 46.6 Å². The molecule has 22 heavy (non-hydrogen) atoms. The van der Waals surface area contributed by atoms with Crippen molar-refractivity contribution < 1.29 is 13.2 Å². The van der Waals surface area contributed by atoms with E-state index >= 15 is 0 Å². The van der Waals surface area contributed by atoms with Gasteiger partial charge in [0.2, 0.25) is 10.0 Å². The van der Waals surface area contributed by atoms with Crippen LogP contribution in [0.3, 0.4) is 0 Å². The molecule has 1 saturated carbocycles. The summed E-state index contributed by atoms with van der Waals surface area (Å²) in [6.45, 7) is 1.06. The fourth-order valence-electron chi connectivity index (χ4n) is 3.57. The molecule has 1 heterocycles. The molecule has 0 aromatic heterocycles. The van der Waals surface area contributed by atoms with Crippen LogP contribution in [0.15, 0.2) is 23.1 Å². The van der Waals surface area contributed by atoms with Gasteiger partial charge in [0, 0.05) is 20.2 Å². The fourth-order valence-corrected chi connectivity index (χ4v) is 5.40. The molecule has 1 aliphatic carbocycles. The van der Waals surface area contributed by atoms with Crippen LogP contribution in [-0.2, 0) is 14.8 Å². The molecular weight excluding hydrogens is 345 g/mol. The Balaban J connectivity index is 1.76. The van der Waals surface area contributed by atoms with Crippen molar-refractivity contribution in [2.45, 2.75) is 36.7 Å². The summed E-state index contributed by atoms with van der Waals surface area (Å²) in [5.74, 6) is 0. The SMILES string of the molecule is COC1CCC12CCN(S(=O)(=O)c1ccc(Cl)c(Cl)c1)CC2. The third kappa shape index (κ3) is 2.67. The fraction of sp³-hybridized carbons (Fsp3) is 0.600. The Morgan fingerprint density at radius 1 is 1.18 bits per heavy atom. The van der Waals surface area contributed by atoms with Crippen LogP contribution in [0.5, 0.6) is 0 Å². The average molecular weight is 364 g/mol. The molecule has 1 saturated heterocycles. The molecule has 0 N–H and O–H groups in total. The summed E-state index contributed by atoms with van der Waals surface area (Å²) in [5, 5.41) is 0.616. The van der Waals surface area contributed by atoms with Crippen molar-refractivity contribution in [1.82, 2.24) is 4.31 Å². The van der Waals surface area contributed by atoms with E-state index in [9.17, 15) is 8.42 Å². The number of sulfonamides is 1. The van der Waals surface area contributed by atoms with Crippen molar-refractivity contribution >= 4 is 33.2 Å². The van der Waals surface area contributed by atoms with Gasteiger partial charge < -0.3 is 4.74 Å². The predicted molar refractivity (Wildman–Crippen MR) is 86.9 cm³/mol. The summed E-state index contributed by atoms with van der Waals surface area (Å²) in [6, 6.07) is 4.45. The first-order valence-electron chi connectivity index (χ1n) is 7.37. The zero-order valence-corrected chi connectivity index (χ0v) is 14.7. The largest absolute Gasteiger partial charge is 0.381 e. The highest BCUT2D eigenvalue weighted by atomic mass is 35.5. The number of hydrogen-bond donors (Lipinski definition) is 0. The van der Waals surface area contributed by atoms with Gasteiger partial charge in [-0.05, 0) is 49.3 Å². The lowest BCUT2D eigenvalue weighted by molar-refractivity contribution is -0.113. The number of halogens is 2. The van der Waals surface area contributed by atoms with Gasteiger partial charge in [-0.15, -0.1) is 0 Å². The lowest BCUT2D eigenvalue weighted by Crippen LogP contribution is -2.53. The van der Waals surface area contributed by atoms with Crippen molar-refractivity contribution in [3.63, 3.8) is 0 Å². The number of benzene rings is 1. The maximum absolute atomic E-state index is 12.7. The Morgan fingerprint density at radius 3 is 2.36 bits per heavy atom. The number of piperidine rings is 1. The van der Waals surface area contributed by atoms with Gasteiger partial charge in [0.1, 0.15) is 0 Å². The Labute approximate surface area is 141 Å². The molecule has 3 rings (SSSR count). The molecule has 1 unspecified atom stereocenters. The van der Waals surface area contributed by atoms with E-state index in [1.165, 1.54) is 18.2 Å². The Bertz CT molecular complexity index is 667. The van der Waals surface area contributed by atoms with Crippen LogP contribution in [0.25, 0.3) is 0 Å². The molecule has 1 aliphatic heterocycles. The van der Waals surface area contributed by atoms with E-state index in [1.54, 1.807) is 11.4 Å². The summed E-state index contributed by atoms with van der Waals surface area (Å²) in [4.78, 5) is 0.203. The van der Waals surface area contributed by atoms with Gasteiger partial charge in [-0.2, -0.15) is 4.31 Å². The molecule has 7 heteroatoms. The van der Waals surface area contributed by atoms with E-state index < -0.39 is 10.0 Å². The third-order valence-electron chi connectivity index (χ3n) is 5.12. The Kier molecular flexibility index (Phi) is 4.47. The standard InChI is InChI=1S/C15H19Cl2NO3S/c1-21-14-4-5-15(14)6-8-18(9-7-15)22(19,20)11-2-3-12(16)13(17)10-11/h2-3,10,14H,4-9H2,1H3. The second kappa shape index (κ2) is 5.95. The number of rotatable bonds is 3. The monoisotopic (exact) mass is 363 g/mol. The van der Waals surface area contributed by atoms with Crippen LogP contribution in [0, 0.1) is 5.41 Å². The van der Waals surface area contributed by atoms with Gasteiger partial charge in [-0.1, -0.05) is 23.2 Å². The molecule has 122 valence electrons. The van der Waals surface area contributed by atoms with Crippen molar-refractivity contribution in [2.24, 2.45) is 5.41 Å². The zero-order valence-electron chi connectivity index (χ0n) is 12.4. The third-order valence-corrected chi connectivity index (χ3v) is 7.75. The number of hydrogen-bond acceptors (Lipinski definition) is 3. The van der Waals surface area contributed by atoms with Gasteiger partial charge in [-0.25, -0.2) is 8.42 Å². The minimum Gasteiger partial charge on any atom is -0.381 e. The zero-order chi connectivity index (χ0) is 16.0. The minimum atomic E-state index is -3.51. The van der Waals surface area contributed by atoms with Crippen molar-refractivity contribution in [2.75, 3.05) is 20.2 Å². The highest BCUT2D eigenvalue weighted by molar-refractivity contribution is 7.89. The number of nitrogens with zero attached hydrogens (tertiary/aromatic N) is 1. The quantitative estimate of drug-likeness (QED) is 0.824.